The molecule has 0 radical (unpaired) electrons. The van der Waals surface area contributed by atoms with Gasteiger partial charge in [-0.05, 0) is 76.5 Å². The van der Waals surface area contributed by atoms with Gasteiger partial charge in [-0.3, -0.25) is 4.79 Å². The molecule has 0 heterocycles. The minimum absolute atomic E-state index is 0.0210. The minimum atomic E-state index is -0.811. The maximum Gasteiger partial charge on any atom is 0.333 e. The number of esters is 3. The lowest BCUT2D eigenvalue weighted by atomic mass is 9.49. The number of rotatable bonds is 10. The predicted octanol–water partition coefficient (Wildman–Crippen LogP) is 4.38. The average Bonchev–Trinajstić information content (AvgIpc) is 2.71. The summed E-state index contributed by atoms with van der Waals surface area (Å²) >= 11 is 0. The number of hydrogen-bond donors (Lipinski definition) is 0. The monoisotopic (exact) mass is 432 g/mol. The predicted molar refractivity (Wildman–Crippen MR) is 116 cm³/mol. The molecule has 0 aliphatic heterocycles. The van der Waals surface area contributed by atoms with E-state index >= 15 is 0 Å². The van der Waals surface area contributed by atoms with E-state index in [1.807, 2.05) is 6.92 Å². The van der Waals surface area contributed by atoms with E-state index in [0.29, 0.717) is 24.2 Å². The van der Waals surface area contributed by atoms with E-state index in [2.05, 4.69) is 13.2 Å². The van der Waals surface area contributed by atoms with Crippen molar-refractivity contribution in [2.75, 3.05) is 19.8 Å². The summed E-state index contributed by atoms with van der Waals surface area (Å²) in [4.78, 5) is 37.2. The van der Waals surface area contributed by atoms with Crippen LogP contribution in [-0.2, 0) is 28.6 Å². The number of ether oxygens (including phenoxy) is 3. The van der Waals surface area contributed by atoms with E-state index in [-0.39, 0.29) is 42.4 Å². The lowest BCUT2D eigenvalue weighted by Crippen LogP contribution is -2.51. The summed E-state index contributed by atoms with van der Waals surface area (Å²) in [5.41, 5.74) is -0.602. The van der Waals surface area contributed by atoms with Crippen molar-refractivity contribution in [3.8, 4) is 0 Å². The van der Waals surface area contributed by atoms with Crippen molar-refractivity contribution in [3.05, 3.63) is 24.3 Å². The molecule has 0 spiro atoms. The van der Waals surface area contributed by atoms with Gasteiger partial charge in [-0.1, -0.05) is 20.1 Å². The molecule has 6 nitrogen and oxygen atoms in total. The van der Waals surface area contributed by atoms with E-state index in [4.69, 9.17) is 14.2 Å². The topological polar surface area (TPSA) is 78.9 Å². The second-order valence-electron chi connectivity index (χ2n) is 10.3. The minimum Gasteiger partial charge on any atom is -0.464 e. The summed E-state index contributed by atoms with van der Waals surface area (Å²) in [6, 6.07) is 0. The van der Waals surface area contributed by atoms with Crippen LogP contribution >= 0.6 is 0 Å². The third kappa shape index (κ3) is 5.21. The number of carbonyl (C=O) groups excluding carboxylic acids is 3. The lowest BCUT2D eigenvalue weighted by molar-refractivity contribution is -0.179. The Bertz CT molecular complexity index is 699. The van der Waals surface area contributed by atoms with Crippen LogP contribution in [0.1, 0.15) is 65.7 Å². The van der Waals surface area contributed by atoms with E-state index in [9.17, 15) is 14.4 Å². The van der Waals surface area contributed by atoms with Crippen LogP contribution in [-0.4, -0.2) is 37.7 Å². The SMILES string of the molecule is C=C(C)C(=O)OCC(CC)(COC(=O)C(=C)C)COC(=O)C12CC3CC(CC(C3)C1)C2. The molecule has 4 fully saturated rings. The first-order valence-corrected chi connectivity index (χ1v) is 11.4. The highest BCUT2D eigenvalue weighted by molar-refractivity contribution is 5.87. The van der Waals surface area contributed by atoms with Gasteiger partial charge in [0.1, 0.15) is 19.8 Å². The van der Waals surface area contributed by atoms with Crippen molar-refractivity contribution in [1.29, 1.82) is 0 Å². The second kappa shape index (κ2) is 9.17. The third-order valence-corrected chi connectivity index (χ3v) is 7.45. The molecule has 172 valence electrons. The van der Waals surface area contributed by atoms with Crippen LogP contribution in [0.25, 0.3) is 0 Å². The molecule has 0 amide bonds. The normalized spacial score (nSPS) is 28.7. The Labute approximate surface area is 185 Å². The molecule has 0 aromatic heterocycles. The van der Waals surface area contributed by atoms with Gasteiger partial charge in [0.15, 0.2) is 0 Å². The summed E-state index contributed by atoms with van der Waals surface area (Å²) in [6.07, 6.45) is 7.02. The zero-order valence-corrected chi connectivity index (χ0v) is 19.2. The van der Waals surface area contributed by atoms with Crippen LogP contribution in [0.4, 0.5) is 0 Å². The highest BCUT2D eigenvalue weighted by Gasteiger charge is 2.55. The molecule has 0 atom stereocenters. The molecule has 6 heteroatoms. The van der Waals surface area contributed by atoms with Crippen LogP contribution in [0, 0.1) is 28.6 Å². The molecule has 0 aromatic rings. The van der Waals surface area contributed by atoms with Crippen LogP contribution in [0.5, 0.6) is 0 Å². The Kier molecular flexibility index (Phi) is 6.97. The zero-order chi connectivity index (χ0) is 22.8. The third-order valence-electron chi connectivity index (χ3n) is 7.45. The summed E-state index contributed by atoms with van der Waals surface area (Å²) in [5.74, 6) is 0.753. The van der Waals surface area contributed by atoms with Crippen molar-refractivity contribution in [2.45, 2.75) is 65.7 Å². The number of hydrogen-bond acceptors (Lipinski definition) is 6. The van der Waals surface area contributed by atoms with Crippen molar-refractivity contribution in [3.63, 3.8) is 0 Å². The second-order valence-corrected chi connectivity index (χ2v) is 10.3. The first-order valence-electron chi connectivity index (χ1n) is 11.4. The molecule has 4 saturated carbocycles. The first-order chi connectivity index (χ1) is 14.6. The standard InChI is InChI=1S/C25H36O6/c1-6-24(13-29-21(26)16(2)3,14-30-22(27)17(4)5)15-31-23(28)25-10-18-7-19(11-25)9-20(8-18)12-25/h18-20H,2,4,6-15H2,1,3,5H3. The Morgan fingerprint density at radius 3 is 1.55 bits per heavy atom. The van der Waals surface area contributed by atoms with Crippen molar-refractivity contribution >= 4 is 17.9 Å². The van der Waals surface area contributed by atoms with Gasteiger partial charge < -0.3 is 14.2 Å². The van der Waals surface area contributed by atoms with Crippen LogP contribution < -0.4 is 0 Å². The van der Waals surface area contributed by atoms with E-state index in [1.165, 1.54) is 19.3 Å². The first kappa shape index (κ1) is 23.6. The molecular weight excluding hydrogens is 396 g/mol. The molecule has 0 unspecified atom stereocenters. The molecule has 4 aliphatic rings. The maximum absolute atomic E-state index is 13.3. The van der Waals surface area contributed by atoms with Crippen LogP contribution in [0.2, 0.25) is 0 Å². The van der Waals surface area contributed by atoms with Gasteiger partial charge in [0.2, 0.25) is 0 Å². The molecule has 0 N–H and O–H groups in total. The Balaban J connectivity index is 1.68. The molecule has 31 heavy (non-hydrogen) atoms. The summed E-state index contributed by atoms with van der Waals surface area (Å²) in [7, 11) is 0. The summed E-state index contributed by atoms with van der Waals surface area (Å²) in [6.45, 7) is 12.3. The fraction of sp³-hybridized carbons (Fsp3) is 0.720. The summed E-state index contributed by atoms with van der Waals surface area (Å²) in [5, 5.41) is 0. The fourth-order valence-corrected chi connectivity index (χ4v) is 5.85. The van der Waals surface area contributed by atoms with Gasteiger partial charge in [0, 0.05) is 11.1 Å². The molecule has 4 rings (SSSR count). The van der Waals surface area contributed by atoms with Gasteiger partial charge in [-0.15, -0.1) is 0 Å². The average molecular weight is 433 g/mol. The van der Waals surface area contributed by atoms with Gasteiger partial charge >= 0.3 is 17.9 Å². The fourth-order valence-electron chi connectivity index (χ4n) is 5.85. The van der Waals surface area contributed by atoms with E-state index in [0.717, 1.165) is 19.3 Å². The van der Waals surface area contributed by atoms with Gasteiger partial charge in [-0.2, -0.15) is 0 Å². The van der Waals surface area contributed by atoms with Gasteiger partial charge in [-0.25, -0.2) is 9.59 Å². The van der Waals surface area contributed by atoms with Crippen LogP contribution in [0.3, 0.4) is 0 Å². The highest BCUT2D eigenvalue weighted by atomic mass is 16.6. The molecule has 0 aromatic carbocycles. The van der Waals surface area contributed by atoms with Crippen LogP contribution in [0.15, 0.2) is 24.3 Å². The van der Waals surface area contributed by atoms with Crippen molar-refractivity contribution in [1.82, 2.24) is 0 Å². The van der Waals surface area contributed by atoms with Gasteiger partial charge in [0.25, 0.3) is 0 Å². The van der Waals surface area contributed by atoms with Gasteiger partial charge in [0.05, 0.1) is 10.8 Å². The maximum atomic E-state index is 13.3. The molecular formula is C25H36O6. The Hall–Kier alpha value is -2.11. The Morgan fingerprint density at radius 2 is 1.19 bits per heavy atom. The van der Waals surface area contributed by atoms with E-state index in [1.54, 1.807) is 13.8 Å². The quantitative estimate of drug-likeness (QED) is 0.290. The number of carbonyl (C=O) groups is 3. The highest BCUT2D eigenvalue weighted by Crippen LogP contribution is 2.60. The Morgan fingerprint density at radius 1 is 0.806 bits per heavy atom. The lowest BCUT2D eigenvalue weighted by Gasteiger charge is -2.55. The molecule has 4 aliphatic carbocycles. The summed E-state index contributed by atoms with van der Waals surface area (Å²) < 4.78 is 16.7. The smallest absolute Gasteiger partial charge is 0.333 e. The molecule has 4 bridgehead atoms. The molecule has 0 saturated heterocycles. The van der Waals surface area contributed by atoms with E-state index < -0.39 is 17.4 Å². The van der Waals surface area contributed by atoms with Crippen molar-refractivity contribution < 1.29 is 28.6 Å². The van der Waals surface area contributed by atoms with Crippen molar-refractivity contribution in [2.24, 2.45) is 28.6 Å². The zero-order valence-electron chi connectivity index (χ0n) is 19.2. The largest absolute Gasteiger partial charge is 0.464 e.